The van der Waals surface area contributed by atoms with E-state index in [-0.39, 0.29) is 32.6 Å². The molecule has 1 atom stereocenters. The van der Waals surface area contributed by atoms with Gasteiger partial charge in [-0.1, -0.05) is 19.1 Å². The molecular weight excluding hydrogens is 554 g/mol. The second-order valence-electron chi connectivity index (χ2n) is 10.2. The zero-order valence-electron chi connectivity index (χ0n) is 22.1. The van der Waals surface area contributed by atoms with Gasteiger partial charge in [0.2, 0.25) is 9.84 Å². The summed E-state index contributed by atoms with van der Waals surface area (Å²) in [5.41, 5.74) is 1.13. The summed E-state index contributed by atoms with van der Waals surface area (Å²) < 4.78 is 36.9. The van der Waals surface area contributed by atoms with Crippen molar-refractivity contribution in [2.45, 2.75) is 55.9 Å². The van der Waals surface area contributed by atoms with E-state index < -0.39 is 40.1 Å². The molecule has 1 amide bonds. The molecule has 3 aromatic rings. The SMILES string of the molecule is CC1CCc2c(sc(NC(=O)COC(=O)c3ccc4c(c3)S(=O)(=O)c3ccccc3C4=O)c2C(=O)OC(C)C)C1. The molecule has 2 aliphatic rings. The summed E-state index contributed by atoms with van der Waals surface area (Å²) in [6, 6.07) is 9.53. The first-order valence-electron chi connectivity index (χ1n) is 12.8. The molecule has 40 heavy (non-hydrogen) atoms. The molecule has 0 radical (unpaired) electrons. The smallest absolute Gasteiger partial charge is 0.341 e. The molecule has 1 aliphatic carbocycles. The largest absolute Gasteiger partial charge is 0.459 e. The van der Waals surface area contributed by atoms with Crippen LogP contribution >= 0.6 is 11.3 Å². The summed E-state index contributed by atoms with van der Waals surface area (Å²) in [4.78, 5) is 51.8. The highest BCUT2D eigenvalue weighted by Crippen LogP contribution is 2.40. The van der Waals surface area contributed by atoms with E-state index in [2.05, 4.69) is 12.2 Å². The molecule has 1 aromatic heterocycles. The van der Waals surface area contributed by atoms with Gasteiger partial charge in [0, 0.05) is 16.0 Å². The summed E-state index contributed by atoms with van der Waals surface area (Å²) in [6.45, 7) is 4.96. The highest BCUT2D eigenvalue weighted by Gasteiger charge is 2.35. The number of carbonyl (C=O) groups is 4. The Balaban J connectivity index is 1.32. The van der Waals surface area contributed by atoms with Crippen LogP contribution in [0.25, 0.3) is 0 Å². The van der Waals surface area contributed by atoms with E-state index in [0.717, 1.165) is 29.3 Å². The Hall–Kier alpha value is -3.83. The lowest BCUT2D eigenvalue weighted by Crippen LogP contribution is -2.23. The normalized spacial score (nSPS) is 16.9. The van der Waals surface area contributed by atoms with Crippen molar-refractivity contribution in [3.8, 4) is 0 Å². The molecule has 5 rings (SSSR count). The number of anilines is 1. The van der Waals surface area contributed by atoms with Crippen molar-refractivity contribution in [1.82, 2.24) is 0 Å². The van der Waals surface area contributed by atoms with Crippen LogP contribution in [0.4, 0.5) is 5.00 Å². The van der Waals surface area contributed by atoms with Gasteiger partial charge in [-0.25, -0.2) is 18.0 Å². The minimum absolute atomic E-state index is 0.0372. The van der Waals surface area contributed by atoms with Crippen LogP contribution in [0.2, 0.25) is 0 Å². The van der Waals surface area contributed by atoms with Crippen molar-refractivity contribution >= 4 is 49.8 Å². The Kier molecular flexibility index (Phi) is 7.36. The Morgan fingerprint density at radius 3 is 2.52 bits per heavy atom. The highest BCUT2D eigenvalue weighted by atomic mass is 32.2. The third-order valence-corrected chi connectivity index (χ3v) is 9.84. The first-order chi connectivity index (χ1) is 19.0. The molecule has 0 spiro atoms. The van der Waals surface area contributed by atoms with Crippen LogP contribution in [0.5, 0.6) is 0 Å². The molecule has 1 N–H and O–H groups in total. The number of carbonyl (C=O) groups excluding carboxylic acids is 4. The number of fused-ring (bicyclic) bond motifs is 3. The lowest BCUT2D eigenvalue weighted by molar-refractivity contribution is -0.119. The molecule has 1 aliphatic heterocycles. The topological polar surface area (TPSA) is 133 Å². The molecule has 1 unspecified atom stereocenters. The van der Waals surface area contributed by atoms with E-state index in [4.69, 9.17) is 9.47 Å². The van der Waals surface area contributed by atoms with Crippen molar-refractivity contribution in [3.05, 3.63) is 75.2 Å². The van der Waals surface area contributed by atoms with Crippen LogP contribution < -0.4 is 5.32 Å². The number of ether oxygens (including phenoxy) is 2. The summed E-state index contributed by atoms with van der Waals surface area (Å²) in [5, 5.41) is 3.03. The van der Waals surface area contributed by atoms with Crippen LogP contribution in [-0.4, -0.2) is 44.8 Å². The molecule has 0 saturated carbocycles. The molecule has 2 aromatic carbocycles. The third-order valence-electron chi connectivity index (χ3n) is 6.82. The minimum Gasteiger partial charge on any atom is -0.459 e. The number of sulfone groups is 1. The summed E-state index contributed by atoms with van der Waals surface area (Å²) in [6.07, 6.45) is 2.08. The zero-order valence-corrected chi connectivity index (χ0v) is 23.7. The van der Waals surface area contributed by atoms with E-state index >= 15 is 0 Å². The molecular formula is C29H27NO8S2. The fraction of sp³-hybridized carbons (Fsp3) is 0.310. The number of amides is 1. The predicted octanol–water partition coefficient (Wildman–Crippen LogP) is 4.61. The fourth-order valence-electron chi connectivity index (χ4n) is 4.92. The lowest BCUT2D eigenvalue weighted by Gasteiger charge is -2.19. The van der Waals surface area contributed by atoms with Crippen LogP contribution in [0.3, 0.4) is 0 Å². The van der Waals surface area contributed by atoms with Gasteiger partial charge in [-0.15, -0.1) is 11.3 Å². The van der Waals surface area contributed by atoms with Crippen LogP contribution in [0.15, 0.2) is 52.3 Å². The third kappa shape index (κ3) is 5.06. The van der Waals surface area contributed by atoms with E-state index in [9.17, 15) is 27.6 Å². The van der Waals surface area contributed by atoms with E-state index in [0.29, 0.717) is 22.9 Å². The Morgan fingerprint density at radius 2 is 1.77 bits per heavy atom. The van der Waals surface area contributed by atoms with Crippen molar-refractivity contribution in [2.24, 2.45) is 5.92 Å². The molecule has 11 heteroatoms. The molecule has 208 valence electrons. The molecule has 2 heterocycles. The number of benzene rings is 2. The highest BCUT2D eigenvalue weighted by molar-refractivity contribution is 7.91. The van der Waals surface area contributed by atoms with Gasteiger partial charge in [0.1, 0.15) is 5.00 Å². The van der Waals surface area contributed by atoms with Crippen LogP contribution in [0, 0.1) is 5.92 Å². The first kappa shape index (κ1) is 27.7. The van der Waals surface area contributed by atoms with Gasteiger partial charge < -0.3 is 14.8 Å². The monoisotopic (exact) mass is 581 g/mol. The minimum atomic E-state index is -4.04. The molecule has 0 bridgehead atoms. The molecule has 0 saturated heterocycles. The summed E-state index contributed by atoms with van der Waals surface area (Å²) in [5.74, 6) is -2.11. The lowest BCUT2D eigenvalue weighted by atomic mass is 9.88. The van der Waals surface area contributed by atoms with E-state index in [1.165, 1.54) is 41.7 Å². The predicted molar refractivity (Wildman–Crippen MR) is 147 cm³/mol. The van der Waals surface area contributed by atoms with Crippen molar-refractivity contribution in [1.29, 1.82) is 0 Å². The average molecular weight is 582 g/mol. The Labute approximate surface area is 235 Å². The summed E-state index contributed by atoms with van der Waals surface area (Å²) >= 11 is 1.32. The maximum absolute atomic E-state index is 13.1. The first-order valence-corrected chi connectivity index (χ1v) is 15.1. The molecule has 9 nitrogen and oxygen atoms in total. The number of thiophene rings is 1. The van der Waals surface area contributed by atoms with Gasteiger partial charge in [-0.3, -0.25) is 9.59 Å². The van der Waals surface area contributed by atoms with Gasteiger partial charge in [0.15, 0.2) is 12.4 Å². The van der Waals surface area contributed by atoms with Crippen molar-refractivity contribution in [3.63, 3.8) is 0 Å². The standard InChI is InChI=1S/C29H27NO8S2/c1-15(2)38-29(34)25-18-10-8-16(3)12-21(18)39-27(25)30-24(31)14-37-28(33)17-9-11-20-23(13-17)40(35,36)22-7-5-4-6-19(22)26(20)32/h4-7,9,11,13,15-16H,8,10,12,14H2,1-3H3,(H,30,31). The number of hydrogen-bond acceptors (Lipinski definition) is 9. The number of ketones is 1. The molecule has 0 fully saturated rings. The number of esters is 2. The van der Waals surface area contributed by atoms with E-state index in [1.54, 1.807) is 19.9 Å². The quantitative estimate of drug-likeness (QED) is 0.327. The van der Waals surface area contributed by atoms with Gasteiger partial charge in [-0.2, -0.15) is 0 Å². The van der Waals surface area contributed by atoms with Gasteiger partial charge >= 0.3 is 11.9 Å². The second kappa shape index (κ2) is 10.6. The Morgan fingerprint density at radius 1 is 1.05 bits per heavy atom. The van der Waals surface area contributed by atoms with E-state index in [1.807, 2.05) is 0 Å². The summed E-state index contributed by atoms with van der Waals surface area (Å²) in [7, 11) is -4.04. The van der Waals surface area contributed by atoms with Crippen molar-refractivity contribution in [2.75, 3.05) is 11.9 Å². The number of hydrogen-bond donors (Lipinski definition) is 1. The van der Waals surface area contributed by atoms with Crippen LogP contribution in [0.1, 0.15) is 74.3 Å². The number of rotatable bonds is 6. The number of nitrogens with one attached hydrogen (secondary N) is 1. The maximum Gasteiger partial charge on any atom is 0.341 e. The van der Waals surface area contributed by atoms with Gasteiger partial charge in [0.25, 0.3) is 5.91 Å². The maximum atomic E-state index is 13.1. The second-order valence-corrected chi connectivity index (χ2v) is 13.2. The van der Waals surface area contributed by atoms with Crippen LogP contribution in [-0.2, 0) is 36.9 Å². The van der Waals surface area contributed by atoms with Crippen molar-refractivity contribution < 1.29 is 37.1 Å². The van der Waals surface area contributed by atoms with Gasteiger partial charge in [-0.05, 0) is 74.9 Å². The average Bonchev–Trinajstić information content (AvgIpc) is 3.26. The van der Waals surface area contributed by atoms with Gasteiger partial charge in [0.05, 0.1) is 27.0 Å². The fourth-order valence-corrected chi connectivity index (χ4v) is 8.01. The zero-order chi connectivity index (χ0) is 28.8. The Bertz CT molecular complexity index is 1670.